The summed E-state index contributed by atoms with van der Waals surface area (Å²) in [5, 5.41) is 12.1. The number of hydrogen-bond acceptors (Lipinski definition) is 5. The third-order valence-corrected chi connectivity index (χ3v) is 5.25. The summed E-state index contributed by atoms with van der Waals surface area (Å²) >= 11 is 1.35. The summed E-state index contributed by atoms with van der Waals surface area (Å²) in [4.78, 5) is 12.7. The lowest BCUT2D eigenvalue weighted by Gasteiger charge is -2.20. The lowest BCUT2D eigenvalue weighted by molar-refractivity contribution is -0.119. The van der Waals surface area contributed by atoms with Crippen LogP contribution in [-0.4, -0.2) is 33.5 Å². The van der Waals surface area contributed by atoms with Crippen LogP contribution >= 0.6 is 11.8 Å². The van der Waals surface area contributed by atoms with Gasteiger partial charge in [0.15, 0.2) is 11.0 Å². The monoisotopic (exact) mass is 408 g/mol. The number of nitrogens with zero attached hydrogens (tertiary/aromatic N) is 3. The molecule has 0 radical (unpaired) electrons. The lowest BCUT2D eigenvalue weighted by Crippen LogP contribution is -2.30. The Morgan fingerprint density at radius 2 is 1.76 bits per heavy atom. The van der Waals surface area contributed by atoms with Gasteiger partial charge in [-0.05, 0) is 11.1 Å². The number of thioether (sulfide) groups is 1. The van der Waals surface area contributed by atoms with Crippen molar-refractivity contribution < 1.29 is 9.53 Å². The van der Waals surface area contributed by atoms with Gasteiger partial charge in [-0.3, -0.25) is 4.79 Å². The Hall–Kier alpha value is -2.90. The van der Waals surface area contributed by atoms with E-state index < -0.39 is 0 Å². The SMILES string of the molecule is C=CCn1c(COC)nnc1SCC(=O)NC(c1ccccc1)c1ccccc1. The van der Waals surface area contributed by atoms with Crippen LogP contribution in [0.15, 0.2) is 78.5 Å². The second-order valence-corrected chi connectivity index (χ2v) is 7.28. The molecule has 0 spiro atoms. The summed E-state index contributed by atoms with van der Waals surface area (Å²) < 4.78 is 7.06. The minimum atomic E-state index is -0.208. The summed E-state index contributed by atoms with van der Waals surface area (Å²) in [5.41, 5.74) is 2.07. The highest BCUT2D eigenvalue weighted by Crippen LogP contribution is 2.23. The highest BCUT2D eigenvalue weighted by molar-refractivity contribution is 7.99. The van der Waals surface area contributed by atoms with Crippen LogP contribution in [0.4, 0.5) is 0 Å². The Kier molecular flexibility index (Phi) is 7.61. The molecule has 1 amide bonds. The van der Waals surface area contributed by atoms with Gasteiger partial charge in [0.2, 0.25) is 5.91 Å². The van der Waals surface area contributed by atoms with Crippen molar-refractivity contribution in [2.45, 2.75) is 24.3 Å². The van der Waals surface area contributed by atoms with E-state index in [0.717, 1.165) is 11.1 Å². The molecule has 1 aromatic heterocycles. The van der Waals surface area contributed by atoms with Crippen molar-refractivity contribution in [1.82, 2.24) is 20.1 Å². The number of aromatic nitrogens is 3. The molecule has 7 heteroatoms. The zero-order valence-corrected chi connectivity index (χ0v) is 17.1. The highest BCUT2D eigenvalue weighted by Gasteiger charge is 2.18. The van der Waals surface area contributed by atoms with Gasteiger partial charge in [0.05, 0.1) is 11.8 Å². The first-order chi connectivity index (χ1) is 14.2. The molecular formula is C22H24N4O2S. The van der Waals surface area contributed by atoms with Crippen LogP contribution in [0, 0.1) is 0 Å². The van der Waals surface area contributed by atoms with Crippen molar-refractivity contribution in [2.24, 2.45) is 0 Å². The van der Waals surface area contributed by atoms with Gasteiger partial charge < -0.3 is 14.6 Å². The molecule has 1 N–H and O–H groups in total. The molecule has 3 aromatic rings. The van der Waals surface area contributed by atoms with Crippen LogP contribution in [0.1, 0.15) is 23.0 Å². The highest BCUT2D eigenvalue weighted by atomic mass is 32.2. The van der Waals surface area contributed by atoms with Gasteiger partial charge in [-0.25, -0.2) is 0 Å². The fraction of sp³-hybridized carbons (Fsp3) is 0.227. The van der Waals surface area contributed by atoms with Crippen LogP contribution in [0.3, 0.4) is 0 Å². The Labute approximate surface area is 175 Å². The van der Waals surface area contributed by atoms with Crippen LogP contribution in [-0.2, 0) is 22.7 Å². The number of ether oxygens (including phenoxy) is 1. The molecule has 150 valence electrons. The van der Waals surface area contributed by atoms with E-state index in [1.807, 2.05) is 65.2 Å². The van der Waals surface area contributed by atoms with E-state index in [-0.39, 0.29) is 17.7 Å². The number of carbonyl (C=O) groups excluding carboxylic acids is 1. The quantitative estimate of drug-likeness (QED) is 0.410. The Balaban J connectivity index is 1.71. The number of benzene rings is 2. The van der Waals surface area contributed by atoms with Gasteiger partial charge >= 0.3 is 0 Å². The van der Waals surface area contributed by atoms with E-state index in [9.17, 15) is 4.79 Å². The molecular weight excluding hydrogens is 384 g/mol. The molecule has 2 aromatic carbocycles. The normalized spacial score (nSPS) is 10.8. The number of amides is 1. The number of hydrogen-bond donors (Lipinski definition) is 1. The zero-order chi connectivity index (χ0) is 20.5. The topological polar surface area (TPSA) is 69.0 Å². The third-order valence-electron chi connectivity index (χ3n) is 4.28. The van der Waals surface area contributed by atoms with Crippen LogP contribution in [0.2, 0.25) is 0 Å². The summed E-state index contributed by atoms with van der Waals surface area (Å²) in [5.74, 6) is 0.870. The molecule has 0 atom stereocenters. The molecule has 0 saturated carbocycles. The Morgan fingerprint density at radius 3 is 2.31 bits per heavy atom. The zero-order valence-electron chi connectivity index (χ0n) is 16.3. The first-order valence-electron chi connectivity index (χ1n) is 9.27. The Morgan fingerprint density at radius 1 is 1.14 bits per heavy atom. The summed E-state index contributed by atoms with van der Waals surface area (Å²) in [6.45, 7) is 4.69. The summed E-state index contributed by atoms with van der Waals surface area (Å²) in [6, 6.07) is 19.7. The molecule has 6 nitrogen and oxygen atoms in total. The summed E-state index contributed by atoms with van der Waals surface area (Å²) in [7, 11) is 1.61. The first-order valence-corrected chi connectivity index (χ1v) is 10.3. The predicted octanol–water partition coefficient (Wildman–Crippen LogP) is 3.61. The average molecular weight is 409 g/mol. The largest absolute Gasteiger partial charge is 0.377 e. The van der Waals surface area contributed by atoms with Crippen molar-refractivity contribution in [3.8, 4) is 0 Å². The van der Waals surface area contributed by atoms with Crippen molar-refractivity contribution in [1.29, 1.82) is 0 Å². The van der Waals surface area contributed by atoms with Gasteiger partial charge in [0.1, 0.15) is 6.61 Å². The third kappa shape index (κ3) is 5.56. The molecule has 1 heterocycles. The second-order valence-electron chi connectivity index (χ2n) is 6.34. The first kappa shape index (κ1) is 20.8. The number of methoxy groups -OCH3 is 1. The maximum Gasteiger partial charge on any atom is 0.231 e. The van der Waals surface area contributed by atoms with E-state index in [1.165, 1.54) is 11.8 Å². The van der Waals surface area contributed by atoms with Gasteiger partial charge in [-0.2, -0.15) is 0 Å². The molecule has 0 aliphatic heterocycles. The van der Waals surface area contributed by atoms with E-state index in [1.54, 1.807) is 13.2 Å². The molecule has 0 fully saturated rings. The van der Waals surface area contributed by atoms with Gasteiger partial charge in [-0.15, -0.1) is 16.8 Å². The average Bonchev–Trinajstić information content (AvgIpc) is 3.14. The molecule has 0 saturated heterocycles. The van der Waals surface area contributed by atoms with Crippen molar-refractivity contribution in [2.75, 3.05) is 12.9 Å². The molecule has 0 aliphatic rings. The standard InChI is InChI=1S/C22H24N4O2S/c1-3-14-26-19(15-28-2)24-25-22(26)29-16-20(27)23-21(17-10-6-4-7-11-17)18-12-8-5-9-13-18/h3-13,21H,1,14-16H2,2H3,(H,23,27). The van der Waals surface area contributed by atoms with E-state index in [2.05, 4.69) is 22.1 Å². The summed E-state index contributed by atoms with van der Waals surface area (Å²) in [6.07, 6.45) is 1.77. The van der Waals surface area contributed by atoms with Gasteiger partial charge in [0.25, 0.3) is 0 Å². The molecule has 3 rings (SSSR count). The number of allylic oxidation sites excluding steroid dienone is 1. The second kappa shape index (κ2) is 10.6. The maximum atomic E-state index is 12.7. The Bertz CT molecular complexity index is 889. The fourth-order valence-electron chi connectivity index (χ4n) is 2.96. The lowest BCUT2D eigenvalue weighted by atomic mass is 9.99. The van der Waals surface area contributed by atoms with Crippen molar-refractivity contribution in [3.05, 3.63) is 90.3 Å². The minimum absolute atomic E-state index is 0.0749. The van der Waals surface area contributed by atoms with Crippen molar-refractivity contribution in [3.63, 3.8) is 0 Å². The van der Waals surface area contributed by atoms with Gasteiger partial charge in [-0.1, -0.05) is 78.5 Å². The van der Waals surface area contributed by atoms with Gasteiger partial charge in [0, 0.05) is 13.7 Å². The molecule has 29 heavy (non-hydrogen) atoms. The van der Waals surface area contributed by atoms with E-state index >= 15 is 0 Å². The van der Waals surface area contributed by atoms with Crippen LogP contribution in [0.5, 0.6) is 0 Å². The van der Waals surface area contributed by atoms with E-state index in [0.29, 0.717) is 24.1 Å². The number of carbonyl (C=O) groups is 1. The maximum absolute atomic E-state index is 12.7. The minimum Gasteiger partial charge on any atom is -0.377 e. The van der Waals surface area contributed by atoms with Crippen LogP contribution < -0.4 is 5.32 Å². The molecule has 0 aliphatic carbocycles. The predicted molar refractivity (Wildman–Crippen MR) is 115 cm³/mol. The van der Waals surface area contributed by atoms with E-state index in [4.69, 9.17) is 4.74 Å². The van der Waals surface area contributed by atoms with Crippen LogP contribution in [0.25, 0.3) is 0 Å². The molecule has 0 unspecified atom stereocenters. The molecule has 0 bridgehead atoms. The smallest absolute Gasteiger partial charge is 0.231 e. The van der Waals surface area contributed by atoms with Crippen molar-refractivity contribution >= 4 is 17.7 Å². The fourth-order valence-corrected chi connectivity index (χ4v) is 3.73. The number of nitrogens with one attached hydrogen (secondary N) is 1. The number of rotatable bonds is 10.